The van der Waals surface area contributed by atoms with E-state index in [2.05, 4.69) is 15.5 Å². The summed E-state index contributed by atoms with van der Waals surface area (Å²) in [5, 5.41) is 8.96. The monoisotopic (exact) mass is 295 g/mol. The number of benzene rings is 1. The largest absolute Gasteiger partial charge is 0.308 e. The average Bonchev–Trinajstić information content (AvgIpc) is 2.67. The van der Waals surface area contributed by atoms with Crippen LogP contribution >= 0.6 is 11.8 Å². The number of H-pyrrole nitrogens is 1. The molecule has 20 heavy (non-hydrogen) atoms. The van der Waals surface area contributed by atoms with Gasteiger partial charge in [0.1, 0.15) is 11.6 Å². The second-order valence-corrected chi connectivity index (χ2v) is 5.61. The molecule has 3 rings (SSSR count). The normalized spacial score (nSPS) is 18.4. The Morgan fingerprint density at radius 3 is 3.00 bits per heavy atom. The SMILES string of the molecule is Cc1[nH]nc2c1[C@H](c1cc(F)ccc1F)SCC(=O)N2. The number of halogens is 2. The molecule has 0 fully saturated rings. The molecule has 4 nitrogen and oxygen atoms in total. The van der Waals surface area contributed by atoms with Crippen molar-refractivity contribution in [3.63, 3.8) is 0 Å². The maximum absolute atomic E-state index is 14.0. The molecule has 1 aromatic heterocycles. The number of nitrogens with zero attached hydrogens (tertiary/aromatic N) is 1. The zero-order valence-electron chi connectivity index (χ0n) is 10.5. The van der Waals surface area contributed by atoms with Gasteiger partial charge in [-0.25, -0.2) is 8.78 Å². The minimum Gasteiger partial charge on any atom is -0.308 e. The van der Waals surface area contributed by atoms with E-state index < -0.39 is 16.9 Å². The Morgan fingerprint density at radius 2 is 2.20 bits per heavy atom. The maximum atomic E-state index is 14.0. The van der Waals surface area contributed by atoms with Gasteiger partial charge in [0.2, 0.25) is 5.91 Å². The van der Waals surface area contributed by atoms with Crippen LogP contribution in [-0.2, 0) is 4.79 Å². The summed E-state index contributed by atoms with van der Waals surface area (Å²) in [6, 6.07) is 3.34. The molecular weight excluding hydrogens is 284 g/mol. The standard InChI is InChI=1S/C13H11F2N3OS/c1-6-11-12(8-4-7(14)2-3-9(8)15)20-5-10(19)16-13(11)18-17-6/h2-4,12H,5H2,1H3,(H2,16,17,18,19)/t12-/m0/s1. The van der Waals surface area contributed by atoms with Crippen LogP contribution in [-0.4, -0.2) is 21.9 Å². The number of carbonyl (C=O) groups excluding carboxylic acids is 1. The van der Waals surface area contributed by atoms with Gasteiger partial charge in [-0.1, -0.05) is 0 Å². The summed E-state index contributed by atoms with van der Waals surface area (Å²) in [6.07, 6.45) is 0. The van der Waals surface area contributed by atoms with Crippen LogP contribution in [0.3, 0.4) is 0 Å². The van der Waals surface area contributed by atoms with E-state index in [-0.39, 0.29) is 17.2 Å². The summed E-state index contributed by atoms with van der Waals surface area (Å²) in [5.41, 5.74) is 1.63. The first-order valence-corrected chi connectivity index (χ1v) is 7.02. The lowest BCUT2D eigenvalue weighted by Gasteiger charge is -2.15. The molecule has 1 amide bonds. The Bertz CT molecular complexity index is 686. The molecule has 1 atom stereocenters. The van der Waals surface area contributed by atoms with Gasteiger partial charge in [-0.3, -0.25) is 9.89 Å². The van der Waals surface area contributed by atoms with Crippen molar-refractivity contribution in [1.82, 2.24) is 10.2 Å². The van der Waals surface area contributed by atoms with Gasteiger partial charge in [-0.15, -0.1) is 11.8 Å². The van der Waals surface area contributed by atoms with E-state index in [0.29, 0.717) is 11.4 Å². The van der Waals surface area contributed by atoms with Crippen molar-refractivity contribution in [3.05, 3.63) is 46.7 Å². The number of nitrogens with one attached hydrogen (secondary N) is 2. The third-order valence-corrected chi connectivity index (χ3v) is 4.39. The van der Waals surface area contributed by atoms with E-state index in [1.165, 1.54) is 17.8 Å². The van der Waals surface area contributed by atoms with Gasteiger partial charge in [0.05, 0.1) is 11.0 Å². The Hall–Kier alpha value is -1.89. The van der Waals surface area contributed by atoms with Crippen LogP contribution in [0.1, 0.15) is 22.1 Å². The summed E-state index contributed by atoms with van der Waals surface area (Å²) in [5.74, 6) is -0.664. The molecule has 104 valence electrons. The molecule has 0 aliphatic carbocycles. The molecular formula is C13H11F2N3OS. The average molecular weight is 295 g/mol. The quantitative estimate of drug-likeness (QED) is 0.850. The number of anilines is 1. The summed E-state index contributed by atoms with van der Waals surface area (Å²) >= 11 is 1.25. The Labute approximate surface area is 118 Å². The van der Waals surface area contributed by atoms with Gasteiger partial charge in [-0.2, -0.15) is 5.10 Å². The summed E-state index contributed by atoms with van der Waals surface area (Å²) in [6.45, 7) is 1.79. The zero-order chi connectivity index (χ0) is 14.3. The molecule has 0 unspecified atom stereocenters. The first-order valence-electron chi connectivity index (χ1n) is 5.97. The van der Waals surface area contributed by atoms with Crippen molar-refractivity contribution in [2.45, 2.75) is 12.2 Å². The van der Waals surface area contributed by atoms with E-state index in [0.717, 1.165) is 17.8 Å². The molecule has 1 aliphatic rings. The maximum Gasteiger partial charge on any atom is 0.235 e. The van der Waals surface area contributed by atoms with Gasteiger partial charge in [0.25, 0.3) is 0 Å². The van der Waals surface area contributed by atoms with Gasteiger partial charge >= 0.3 is 0 Å². The molecule has 2 heterocycles. The molecule has 0 saturated heterocycles. The van der Waals surface area contributed by atoms with E-state index >= 15 is 0 Å². The first-order chi connectivity index (χ1) is 9.56. The minimum atomic E-state index is -0.506. The highest BCUT2D eigenvalue weighted by molar-refractivity contribution is 8.00. The van der Waals surface area contributed by atoms with Crippen LogP contribution in [0.25, 0.3) is 0 Å². The minimum absolute atomic E-state index is 0.163. The fourth-order valence-corrected chi connectivity index (χ4v) is 3.43. The highest BCUT2D eigenvalue weighted by atomic mass is 32.2. The summed E-state index contributed by atoms with van der Waals surface area (Å²) in [7, 11) is 0. The molecule has 1 aromatic carbocycles. The van der Waals surface area contributed by atoms with E-state index in [4.69, 9.17) is 0 Å². The highest BCUT2D eigenvalue weighted by Gasteiger charge is 2.30. The number of rotatable bonds is 1. The van der Waals surface area contributed by atoms with Crippen molar-refractivity contribution < 1.29 is 13.6 Å². The van der Waals surface area contributed by atoms with Crippen LogP contribution in [0.5, 0.6) is 0 Å². The summed E-state index contributed by atoms with van der Waals surface area (Å²) in [4.78, 5) is 11.6. The fourth-order valence-electron chi connectivity index (χ4n) is 2.23. The Kier molecular flexibility index (Phi) is 3.21. The van der Waals surface area contributed by atoms with E-state index in [1.54, 1.807) is 6.92 Å². The number of aromatic nitrogens is 2. The van der Waals surface area contributed by atoms with Gasteiger partial charge in [0.15, 0.2) is 5.82 Å². The predicted molar refractivity (Wildman–Crippen MR) is 72.6 cm³/mol. The van der Waals surface area contributed by atoms with Crippen LogP contribution in [0, 0.1) is 18.6 Å². The molecule has 0 bridgehead atoms. The smallest absolute Gasteiger partial charge is 0.235 e. The number of hydrogen-bond acceptors (Lipinski definition) is 3. The highest BCUT2D eigenvalue weighted by Crippen LogP contribution is 2.43. The van der Waals surface area contributed by atoms with Crippen molar-refractivity contribution in [3.8, 4) is 0 Å². The van der Waals surface area contributed by atoms with Gasteiger partial charge < -0.3 is 5.32 Å². The van der Waals surface area contributed by atoms with Crippen molar-refractivity contribution >= 4 is 23.5 Å². The molecule has 2 aromatic rings. The number of aryl methyl sites for hydroxylation is 1. The van der Waals surface area contributed by atoms with Crippen LogP contribution in [0.4, 0.5) is 14.6 Å². The second kappa shape index (κ2) is 4.90. The molecule has 2 N–H and O–H groups in total. The molecule has 0 radical (unpaired) electrons. The number of amides is 1. The van der Waals surface area contributed by atoms with Gasteiger partial charge in [-0.05, 0) is 25.1 Å². The molecule has 0 saturated carbocycles. The van der Waals surface area contributed by atoms with E-state index in [9.17, 15) is 13.6 Å². The van der Waals surface area contributed by atoms with Crippen LogP contribution < -0.4 is 5.32 Å². The summed E-state index contributed by atoms with van der Waals surface area (Å²) < 4.78 is 27.4. The molecule has 0 spiro atoms. The van der Waals surface area contributed by atoms with Crippen molar-refractivity contribution in [2.24, 2.45) is 0 Å². The topological polar surface area (TPSA) is 57.8 Å². The predicted octanol–water partition coefficient (Wildman–Crippen LogP) is 2.77. The second-order valence-electron chi connectivity index (χ2n) is 4.52. The first kappa shape index (κ1) is 13.1. The van der Waals surface area contributed by atoms with E-state index in [1.807, 2.05) is 0 Å². The number of aromatic amines is 1. The number of thioether (sulfide) groups is 1. The lowest BCUT2D eigenvalue weighted by atomic mass is 10.0. The number of fused-ring (bicyclic) bond motifs is 1. The lowest BCUT2D eigenvalue weighted by molar-refractivity contribution is -0.113. The Balaban J connectivity index is 2.15. The molecule has 1 aliphatic heterocycles. The number of hydrogen-bond donors (Lipinski definition) is 2. The fraction of sp³-hybridized carbons (Fsp3) is 0.231. The third-order valence-electron chi connectivity index (χ3n) is 3.14. The van der Waals surface area contributed by atoms with Crippen LogP contribution in [0.15, 0.2) is 18.2 Å². The number of carbonyl (C=O) groups is 1. The Morgan fingerprint density at radius 1 is 1.40 bits per heavy atom. The van der Waals surface area contributed by atoms with Crippen molar-refractivity contribution in [1.29, 1.82) is 0 Å². The zero-order valence-corrected chi connectivity index (χ0v) is 11.4. The van der Waals surface area contributed by atoms with Gasteiger partial charge in [0, 0.05) is 16.8 Å². The van der Waals surface area contributed by atoms with Crippen LogP contribution in [0.2, 0.25) is 0 Å². The van der Waals surface area contributed by atoms with Crippen molar-refractivity contribution in [2.75, 3.05) is 11.1 Å². The molecule has 7 heteroatoms. The lowest BCUT2D eigenvalue weighted by Crippen LogP contribution is -2.12. The third kappa shape index (κ3) is 2.18.